The van der Waals surface area contributed by atoms with Gasteiger partial charge in [-0.3, -0.25) is 9.80 Å². The van der Waals surface area contributed by atoms with Crippen LogP contribution in [0.2, 0.25) is 0 Å². The highest BCUT2D eigenvalue weighted by atomic mass is 16.6. The van der Waals surface area contributed by atoms with Crippen LogP contribution in [-0.2, 0) is 9.47 Å². The summed E-state index contributed by atoms with van der Waals surface area (Å²) < 4.78 is 11.5. The first-order chi connectivity index (χ1) is 13.7. The van der Waals surface area contributed by atoms with Crippen molar-refractivity contribution in [1.29, 1.82) is 5.41 Å². The minimum absolute atomic E-state index is 0.151. The summed E-state index contributed by atoms with van der Waals surface area (Å²) in [7, 11) is 0. The number of amides is 1. The Labute approximate surface area is 175 Å². The SMILES string of the molecule is C=C/C=C(/CN1CCOC(CN2CCN(C(=O)OC(C)(C)C)CC2)C1)C(=N)CC. The van der Waals surface area contributed by atoms with Crippen molar-refractivity contribution in [3.8, 4) is 0 Å². The fourth-order valence-corrected chi connectivity index (χ4v) is 3.62. The predicted molar refractivity (Wildman–Crippen MR) is 117 cm³/mol. The number of carbonyl (C=O) groups is 1. The standard InChI is InChI=1S/C22H38N4O3/c1-6-8-18(20(23)7-2)15-25-13-14-28-19(17-25)16-24-9-11-26(12-10-24)21(27)29-22(3,4)5/h6,8,19,23H,1,7,9-17H2,2-5H3/b18-8-,23-20?. The zero-order valence-corrected chi connectivity index (χ0v) is 18.6. The molecule has 1 atom stereocenters. The number of carbonyl (C=O) groups excluding carboxylic acids is 1. The van der Waals surface area contributed by atoms with Gasteiger partial charge in [0.2, 0.25) is 0 Å². The predicted octanol–water partition coefficient (Wildman–Crippen LogP) is 2.78. The van der Waals surface area contributed by atoms with Gasteiger partial charge in [-0.25, -0.2) is 4.79 Å². The molecule has 2 saturated heterocycles. The molecular formula is C22H38N4O3. The zero-order chi connectivity index (χ0) is 21.4. The smallest absolute Gasteiger partial charge is 0.410 e. The first-order valence-corrected chi connectivity index (χ1v) is 10.7. The van der Waals surface area contributed by atoms with E-state index in [1.165, 1.54) is 0 Å². The molecule has 2 heterocycles. The maximum Gasteiger partial charge on any atom is 0.410 e. The maximum atomic E-state index is 12.2. The van der Waals surface area contributed by atoms with Gasteiger partial charge >= 0.3 is 6.09 Å². The van der Waals surface area contributed by atoms with Crippen molar-refractivity contribution >= 4 is 11.8 Å². The summed E-state index contributed by atoms with van der Waals surface area (Å²) in [6, 6.07) is 0. The van der Waals surface area contributed by atoms with Crippen LogP contribution in [0.5, 0.6) is 0 Å². The van der Waals surface area contributed by atoms with Gasteiger partial charge in [-0.05, 0) is 32.8 Å². The van der Waals surface area contributed by atoms with E-state index < -0.39 is 5.60 Å². The van der Waals surface area contributed by atoms with E-state index >= 15 is 0 Å². The Balaban J connectivity index is 1.80. The van der Waals surface area contributed by atoms with E-state index in [0.29, 0.717) is 25.4 Å². The van der Waals surface area contributed by atoms with Gasteiger partial charge in [0.05, 0.1) is 12.7 Å². The Morgan fingerprint density at radius 3 is 2.48 bits per heavy atom. The number of allylic oxidation sites excluding steroid dienone is 2. The molecule has 0 spiro atoms. The number of nitrogens with zero attached hydrogens (tertiary/aromatic N) is 3. The molecule has 0 aromatic carbocycles. The highest BCUT2D eigenvalue weighted by Gasteiger charge is 2.28. The molecule has 2 fully saturated rings. The second-order valence-electron chi connectivity index (χ2n) is 8.76. The summed E-state index contributed by atoms with van der Waals surface area (Å²) >= 11 is 0. The Kier molecular flexibility index (Phi) is 8.86. The highest BCUT2D eigenvalue weighted by molar-refractivity contribution is 5.98. The van der Waals surface area contributed by atoms with Gasteiger partial charge in [0.1, 0.15) is 5.60 Å². The topological polar surface area (TPSA) is 69.1 Å². The first kappa shape index (κ1) is 23.6. The third kappa shape index (κ3) is 7.91. The first-order valence-electron chi connectivity index (χ1n) is 10.7. The molecule has 0 bridgehead atoms. The second kappa shape index (κ2) is 10.9. The third-order valence-electron chi connectivity index (χ3n) is 5.16. The van der Waals surface area contributed by atoms with Gasteiger partial charge < -0.3 is 19.8 Å². The number of hydrogen-bond acceptors (Lipinski definition) is 6. The molecule has 0 saturated carbocycles. The Bertz CT molecular complexity index is 604. The number of morpholine rings is 1. The lowest BCUT2D eigenvalue weighted by molar-refractivity contribution is -0.0465. The summed E-state index contributed by atoms with van der Waals surface area (Å²) in [5.74, 6) is 0. The fraction of sp³-hybridized carbons (Fsp3) is 0.727. The van der Waals surface area contributed by atoms with Crippen LogP contribution in [0.15, 0.2) is 24.3 Å². The fourth-order valence-electron chi connectivity index (χ4n) is 3.62. The molecule has 0 aliphatic carbocycles. The molecule has 2 aliphatic heterocycles. The number of hydrogen-bond donors (Lipinski definition) is 1. The van der Waals surface area contributed by atoms with E-state index in [9.17, 15) is 4.79 Å². The Morgan fingerprint density at radius 1 is 1.21 bits per heavy atom. The quantitative estimate of drug-likeness (QED) is 0.520. The average molecular weight is 407 g/mol. The summed E-state index contributed by atoms with van der Waals surface area (Å²) in [6.45, 7) is 18.6. The lowest BCUT2D eigenvalue weighted by Crippen LogP contribution is -2.54. The van der Waals surface area contributed by atoms with Gasteiger partial charge in [-0.2, -0.15) is 0 Å². The summed E-state index contributed by atoms with van der Waals surface area (Å²) in [4.78, 5) is 18.7. The van der Waals surface area contributed by atoms with Gasteiger partial charge in [0, 0.05) is 58.1 Å². The van der Waals surface area contributed by atoms with E-state index in [4.69, 9.17) is 14.9 Å². The van der Waals surface area contributed by atoms with Crippen LogP contribution in [-0.4, -0.2) is 97.2 Å². The third-order valence-corrected chi connectivity index (χ3v) is 5.16. The van der Waals surface area contributed by atoms with Crippen LogP contribution in [0.3, 0.4) is 0 Å². The van der Waals surface area contributed by atoms with Crippen LogP contribution in [0, 0.1) is 5.41 Å². The lowest BCUT2D eigenvalue weighted by atomic mass is 10.1. The van der Waals surface area contributed by atoms with Crippen molar-refractivity contribution in [1.82, 2.24) is 14.7 Å². The van der Waals surface area contributed by atoms with Crippen LogP contribution >= 0.6 is 0 Å². The van der Waals surface area contributed by atoms with E-state index in [1.54, 1.807) is 11.0 Å². The minimum Gasteiger partial charge on any atom is -0.444 e. The molecule has 1 unspecified atom stereocenters. The van der Waals surface area contributed by atoms with Crippen molar-refractivity contribution in [2.45, 2.75) is 45.8 Å². The molecule has 0 radical (unpaired) electrons. The maximum absolute atomic E-state index is 12.2. The van der Waals surface area contributed by atoms with Crippen molar-refractivity contribution in [2.24, 2.45) is 0 Å². The van der Waals surface area contributed by atoms with E-state index in [0.717, 1.165) is 51.3 Å². The molecular weight excluding hydrogens is 368 g/mol. The van der Waals surface area contributed by atoms with Crippen LogP contribution in [0.1, 0.15) is 34.1 Å². The number of nitrogens with one attached hydrogen (secondary N) is 1. The molecule has 7 nitrogen and oxygen atoms in total. The molecule has 2 aliphatic rings. The molecule has 7 heteroatoms. The van der Waals surface area contributed by atoms with Crippen molar-refractivity contribution in [3.05, 3.63) is 24.3 Å². The monoisotopic (exact) mass is 406 g/mol. The van der Waals surface area contributed by atoms with E-state index in [1.807, 2.05) is 33.8 Å². The molecule has 2 rings (SSSR count). The number of piperazine rings is 1. The Hall–Kier alpha value is -1.70. The van der Waals surface area contributed by atoms with Crippen molar-refractivity contribution in [2.75, 3.05) is 59.0 Å². The molecule has 1 amide bonds. The largest absolute Gasteiger partial charge is 0.444 e. The van der Waals surface area contributed by atoms with Crippen LogP contribution in [0.4, 0.5) is 4.79 Å². The van der Waals surface area contributed by atoms with Crippen molar-refractivity contribution < 1.29 is 14.3 Å². The molecule has 0 aromatic rings. The van der Waals surface area contributed by atoms with Gasteiger partial charge in [-0.15, -0.1) is 0 Å². The van der Waals surface area contributed by atoms with Gasteiger partial charge in [0.25, 0.3) is 0 Å². The lowest BCUT2D eigenvalue weighted by Gasteiger charge is -2.39. The zero-order valence-electron chi connectivity index (χ0n) is 18.6. The molecule has 1 N–H and O–H groups in total. The second-order valence-corrected chi connectivity index (χ2v) is 8.76. The van der Waals surface area contributed by atoms with E-state index in [-0.39, 0.29) is 12.2 Å². The average Bonchev–Trinajstić information content (AvgIpc) is 2.66. The normalized spacial score (nSPS) is 22.4. The Morgan fingerprint density at radius 2 is 1.90 bits per heavy atom. The van der Waals surface area contributed by atoms with Gasteiger partial charge in [-0.1, -0.05) is 25.7 Å². The van der Waals surface area contributed by atoms with Crippen LogP contribution in [0.25, 0.3) is 0 Å². The minimum atomic E-state index is -0.458. The number of rotatable bonds is 7. The van der Waals surface area contributed by atoms with Gasteiger partial charge in [0.15, 0.2) is 0 Å². The molecule has 29 heavy (non-hydrogen) atoms. The number of ether oxygens (including phenoxy) is 2. The summed E-state index contributed by atoms with van der Waals surface area (Å²) in [6.07, 6.45) is 4.37. The summed E-state index contributed by atoms with van der Waals surface area (Å²) in [5.41, 5.74) is 1.25. The van der Waals surface area contributed by atoms with Crippen molar-refractivity contribution in [3.63, 3.8) is 0 Å². The van der Waals surface area contributed by atoms with E-state index in [2.05, 4.69) is 16.4 Å². The molecule has 0 aromatic heterocycles. The summed E-state index contributed by atoms with van der Waals surface area (Å²) in [5, 5.41) is 8.16. The van der Waals surface area contributed by atoms with Crippen LogP contribution < -0.4 is 0 Å². The molecule has 164 valence electrons. The highest BCUT2D eigenvalue weighted by Crippen LogP contribution is 2.14.